The number of ether oxygens (including phenoxy) is 2. The summed E-state index contributed by atoms with van der Waals surface area (Å²) in [7, 11) is 1.69. The molecule has 0 aliphatic carbocycles. The van der Waals surface area contributed by atoms with E-state index in [1.807, 2.05) is 12.1 Å². The molecule has 0 spiro atoms. The van der Waals surface area contributed by atoms with E-state index in [1.54, 1.807) is 18.9 Å². The molecule has 2 aromatic rings. The third-order valence-electron chi connectivity index (χ3n) is 2.56. The maximum absolute atomic E-state index is 5.50. The monoisotopic (exact) mass is 218 g/mol. The zero-order valence-corrected chi connectivity index (χ0v) is 9.14. The van der Waals surface area contributed by atoms with E-state index in [9.17, 15) is 0 Å². The van der Waals surface area contributed by atoms with Crippen LogP contribution in [0.3, 0.4) is 0 Å². The average Bonchev–Trinajstić information content (AvgIpc) is 2.76. The highest BCUT2D eigenvalue weighted by Crippen LogP contribution is 2.42. The molecule has 1 aliphatic heterocycles. The van der Waals surface area contributed by atoms with E-state index < -0.39 is 0 Å². The van der Waals surface area contributed by atoms with Gasteiger partial charge in [-0.1, -0.05) is 23.9 Å². The van der Waals surface area contributed by atoms with E-state index >= 15 is 0 Å². The fourth-order valence-electron chi connectivity index (χ4n) is 1.79. The summed E-state index contributed by atoms with van der Waals surface area (Å²) in [6.07, 6.45) is 0. The lowest BCUT2D eigenvalue weighted by molar-refractivity contribution is 0.398. The number of thioether (sulfide) groups is 1. The van der Waals surface area contributed by atoms with E-state index in [0.29, 0.717) is 5.94 Å². The molecule has 0 radical (unpaired) electrons. The number of hydrogen-bond acceptors (Lipinski definition) is 3. The van der Waals surface area contributed by atoms with Crippen molar-refractivity contribution >= 4 is 22.5 Å². The quantitative estimate of drug-likeness (QED) is 0.731. The van der Waals surface area contributed by atoms with Crippen molar-refractivity contribution in [3.63, 3.8) is 0 Å². The van der Waals surface area contributed by atoms with E-state index in [2.05, 4.69) is 18.2 Å². The zero-order valence-electron chi connectivity index (χ0n) is 8.32. The van der Waals surface area contributed by atoms with Crippen molar-refractivity contribution in [1.29, 1.82) is 0 Å². The van der Waals surface area contributed by atoms with Crippen molar-refractivity contribution in [3.05, 3.63) is 30.3 Å². The first-order valence-electron chi connectivity index (χ1n) is 4.75. The minimum absolute atomic E-state index is 0.714. The standard InChI is InChI=1S/C12H10O2S/c1-13-9-4-2-8-3-5-11-12(10(8)6-9)15-7-14-11/h2-6H,7H2,1H3. The van der Waals surface area contributed by atoms with Gasteiger partial charge in [0, 0.05) is 5.39 Å². The number of fused-ring (bicyclic) bond motifs is 3. The van der Waals surface area contributed by atoms with E-state index in [0.717, 1.165) is 11.5 Å². The van der Waals surface area contributed by atoms with Gasteiger partial charge in [-0.3, -0.25) is 0 Å². The molecule has 0 atom stereocenters. The van der Waals surface area contributed by atoms with Gasteiger partial charge in [-0.2, -0.15) is 0 Å². The Balaban J connectivity index is 2.32. The molecule has 1 aliphatic rings. The summed E-state index contributed by atoms with van der Waals surface area (Å²) in [6.45, 7) is 0. The van der Waals surface area contributed by atoms with Crippen molar-refractivity contribution in [2.75, 3.05) is 13.0 Å². The third-order valence-corrected chi connectivity index (χ3v) is 3.51. The number of hydrogen-bond donors (Lipinski definition) is 0. The summed E-state index contributed by atoms with van der Waals surface area (Å²) in [5.41, 5.74) is 0. The van der Waals surface area contributed by atoms with Crippen LogP contribution in [0.2, 0.25) is 0 Å². The first-order valence-corrected chi connectivity index (χ1v) is 5.73. The van der Waals surface area contributed by atoms with Gasteiger partial charge in [0.1, 0.15) is 17.4 Å². The molecule has 1 heterocycles. The van der Waals surface area contributed by atoms with Crippen molar-refractivity contribution in [1.82, 2.24) is 0 Å². The van der Waals surface area contributed by atoms with E-state index in [4.69, 9.17) is 9.47 Å². The molecular weight excluding hydrogens is 208 g/mol. The van der Waals surface area contributed by atoms with Gasteiger partial charge in [-0.15, -0.1) is 0 Å². The van der Waals surface area contributed by atoms with Gasteiger partial charge in [0.2, 0.25) is 0 Å². The fourth-order valence-corrected chi connectivity index (χ4v) is 2.70. The summed E-state index contributed by atoms with van der Waals surface area (Å²) in [5.74, 6) is 2.59. The molecular formula is C12H10O2S. The van der Waals surface area contributed by atoms with Gasteiger partial charge in [0.15, 0.2) is 0 Å². The van der Waals surface area contributed by atoms with Crippen LogP contribution >= 0.6 is 11.8 Å². The summed E-state index contributed by atoms with van der Waals surface area (Å²) in [4.78, 5) is 1.23. The Bertz CT molecular complexity index is 522. The molecule has 0 fully saturated rings. The highest BCUT2D eigenvalue weighted by atomic mass is 32.2. The van der Waals surface area contributed by atoms with Crippen LogP contribution in [0.1, 0.15) is 0 Å². The molecule has 76 valence electrons. The van der Waals surface area contributed by atoms with Gasteiger partial charge in [0.25, 0.3) is 0 Å². The Morgan fingerprint density at radius 2 is 2.13 bits per heavy atom. The molecule has 0 aromatic heterocycles. The minimum Gasteiger partial charge on any atom is -0.497 e. The van der Waals surface area contributed by atoms with Crippen LogP contribution in [0.5, 0.6) is 11.5 Å². The van der Waals surface area contributed by atoms with Gasteiger partial charge >= 0.3 is 0 Å². The summed E-state index contributed by atoms with van der Waals surface area (Å²) >= 11 is 1.74. The minimum atomic E-state index is 0.714. The highest BCUT2D eigenvalue weighted by molar-refractivity contribution is 7.99. The van der Waals surface area contributed by atoms with Crippen molar-refractivity contribution < 1.29 is 9.47 Å². The second-order valence-corrected chi connectivity index (χ2v) is 4.32. The smallest absolute Gasteiger partial charge is 0.138 e. The molecule has 3 heteroatoms. The lowest BCUT2D eigenvalue weighted by Crippen LogP contribution is -1.84. The van der Waals surface area contributed by atoms with Crippen LogP contribution in [0.25, 0.3) is 10.8 Å². The Kier molecular flexibility index (Phi) is 1.99. The maximum atomic E-state index is 5.50. The van der Waals surface area contributed by atoms with E-state index in [-0.39, 0.29) is 0 Å². The molecule has 0 saturated heterocycles. The molecule has 3 rings (SSSR count). The second kappa shape index (κ2) is 3.35. The lowest BCUT2D eigenvalue weighted by atomic mass is 10.1. The summed E-state index contributed by atoms with van der Waals surface area (Å²) < 4.78 is 10.7. The molecule has 2 aromatic carbocycles. The SMILES string of the molecule is COc1ccc2ccc3c(c2c1)SCO3. The molecule has 0 amide bonds. The Labute approximate surface area is 92.2 Å². The first-order chi connectivity index (χ1) is 7.38. The highest BCUT2D eigenvalue weighted by Gasteiger charge is 2.15. The summed E-state index contributed by atoms with van der Waals surface area (Å²) in [5, 5.41) is 2.45. The number of methoxy groups -OCH3 is 1. The van der Waals surface area contributed by atoms with Gasteiger partial charge < -0.3 is 9.47 Å². The van der Waals surface area contributed by atoms with Crippen LogP contribution in [0.4, 0.5) is 0 Å². The molecule has 0 saturated carbocycles. The number of rotatable bonds is 1. The zero-order chi connectivity index (χ0) is 10.3. The predicted octanol–water partition coefficient (Wildman–Crippen LogP) is 3.29. The second-order valence-electron chi connectivity index (χ2n) is 3.39. The van der Waals surface area contributed by atoms with Crippen molar-refractivity contribution in [2.24, 2.45) is 0 Å². The molecule has 15 heavy (non-hydrogen) atoms. The normalized spacial score (nSPS) is 13.7. The Morgan fingerprint density at radius 1 is 1.27 bits per heavy atom. The van der Waals surface area contributed by atoms with Crippen LogP contribution in [0.15, 0.2) is 35.2 Å². The van der Waals surface area contributed by atoms with Crippen LogP contribution in [0, 0.1) is 0 Å². The van der Waals surface area contributed by atoms with Crippen molar-refractivity contribution in [2.45, 2.75) is 4.90 Å². The van der Waals surface area contributed by atoms with Gasteiger partial charge in [0.05, 0.1) is 12.0 Å². The maximum Gasteiger partial charge on any atom is 0.138 e. The molecule has 0 N–H and O–H groups in total. The Hall–Kier alpha value is -1.35. The van der Waals surface area contributed by atoms with Gasteiger partial charge in [-0.25, -0.2) is 0 Å². The fraction of sp³-hybridized carbons (Fsp3) is 0.167. The van der Waals surface area contributed by atoms with Gasteiger partial charge in [-0.05, 0) is 23.6 Å². The largest absolute Gasteiger partial charge is 0.497 e. The molecule has 2 nitrogen and oxygen atoms in total. The number of benzene rings is 2. The lowest BCUT2D eigenvalue weighted by Gasteiger charge is -2.05. The Morgan fingerprint density at radius 3 is 3.00 bits per heavy atom. The van der Waals surface area contributed by atoms with Crippen LogP contribution in [-0.4, -0.2) is 13.0 Å². The third kappa shape index (κ3) is 1.35. The predicted molar refractivity (Wildman–Crippen MR) is 61.9 cm³/mol. The molecule has 0 bridgehead atoms. The van der Waals surface area contributed by atoms with Crippen molar-refractivity contribution in [3.8, 4) is 11.5 Å². The first kappa shape index (κ1) is 8.92. The van der Waals surface area contributed by atoms with Crippen LogP contribution in [-0.2, 0) is 0 Å². The van der Waals surface area contributed by atoms with E-state index in [1.165, 1.54) is 15.7 Å². The average molecular weight is 218 g/mol. The molecule has 0 unspecified atom stereocenters. The van der Waals surface area contributed by atoms with Crippen LogP contribution < -0.4 is 9.47 Å². The topological polar surface area (TPSA) is 18.5 Å². The summed E-state index contributed by atoms with van der Waals surface area (Å²) in [6, 6.07) is 10.2.